The number of allylic oxidation sites excluding steroid dienone is 2. The van der Waals surface area contributed by atoms with E-state index in [0.717, 1.165) is 50.3 Å². The van der Waals surface area contributed by atoms with E-state index in [2.05, 4.69) is 104 Å². The Labute approximate surface area is 420 Å². The van der Waals surface area contributed by atoms with Gasteiger partial charge in [-0.25, -0.2) is 11.3 Å². The summed E-state index contributed by atoms with van der Waals surface area (Å²) < 4.78 is 3.23. The molecule has 5 aromatic carbocycles. The molecule has 11 heteroatoms. The Bertz CT molecular complexity index is 2750. The standard InChI is InChI=1S/C24H22N3.C13H8NS.C11H8N.C5H8O2.3Ir/c1-16-9-8-12-21(15-16)23-25-24(20-10-6-5-7-11-20)27(26-23)22-18(3)13-17(2)14-19(22)4;1-2-7-12-10(5-1)9-13(15-12)11-6-3-4-8-14-11;1-2-6-10(7-3-1)11-8-4-5-9-12-11;1-4(6)3-5(2)7;;;/h5-10,12-15H,1-4H3;1-8H;1-6,8-9H;3,6H,1-2H3;;;/q3*-1;;;;. The Hall–Kier alpha value is -5.34. The summed E-state index contributed by atoms with van der Waals surface area (Å²) >= 11 is 1.73. The van der Waals surface area contributed by atoms with Crippen LogP contribution >= 0.6 is 11.3 Å². The molecule has 9 rings (SSSR count). The Kier molecular flexibility index (Phi) is 21.9. The normalized spacial score (nSPS) is 10.2. The third-order valence-electron chi connectivity index (χ3n) is 8.99. The van der Waals surface area contributed by atoms with E-state index in [1.165, 1.54) is 52.3 Å². The van der Waals surface area contributed by atoms with E-state index in [1.807, 2.05) is 108 Å². The summed E-state index contributed by atoms with van der Waals surface area (Å²) in [6.45, 7) is 11.3. The predicted molar refractivity (Wildman–Crippen MR) is 249 cm³/mol. The van der Waals surface area contributed by atoms with Crippen molar-refractivity contribution >= 4 is 27.2 Å². The van der Waals surface area contributed by atoms with Gasteiger partial charge in [0.25, 0.3) is 0 Å². The zero-order valence-corrected chi connectivity index (χ0v) is 44.1. The Morgan fingerprint density at radius 1 is 0.656 bits per heavy atom. The van der Waals surface area contributed by atoms with Gasteiger partial charge in [0.15, 0.2) is 11.6 Å². The molecule has 4 heterocycles. The summed E-state index contributed by atoms with van der Waals surface area (Å²) in [5.41, 5.74) is 10.9. The summed E-state index contributed by atoms with van der Waals surface area (Å²) in [4.78, 5) is 24.6. The van der Waals surface area contributed by atoms with Crippen molar-refractivity contribution in [2.75, 3.05) is 0 Å². The van der Waals surface area contributed by atoms with Crippen molar-refractivity contribution in [3.8, 4) is 50.3 Å². The molecule has 3 radical (unpaired) electrons. The van der Waals surface area contributed by atoms with Crippen LogP contribution in [-0.4, -0.2) is 35.6 Å². The van der Waals surface area contributed by atoms with Gasteiger partial charge < -0.3 is 15.1 Å². The average molecular weight is 1390 g/mol. The van der Waals surface area contributed by atoms with Crippen molar-refractivity contribution < 1.29 is 70.2 Å². The molecule has 0 aliphatic carbocycles. The smallest absolute Gasteiger partial charge is 0.171 e. The van der Waals surface area contributed by atoms with Gasteiger partial charge in [-0.2, -0.15) is 5.10 Å². The van der Waals surface area contributed by atoms with E-state index < -0.39 is 0 Å². The topological polar surface area (TPSA) is 93.8 Å². The largest absolute Gasteiger partial charge is 0.512 e. The summed E-state index contributed by atoms with van der Waals surface area (Å²) in [6.07, 6.45) is 4.77. The number of ketones is 1. The number of aliphatic hydroxyl groups excluding tert-OH is 1. The molecule has 0 unspecified atom stereocenters. The fraction of sp³-hybridized carbons (Fsp3) is 0.113. The summed E-state index contributed by atoms with van der Waals surface area (Å²) in [7, 11) is 0. The van der Waals surface area contributed by atoms with Crippen molar-refractivity contribution in [3.63, 3.8) is 0 Å². The number of aryl methyl sites for hydroxylation is 4. The third-order valence-corrected chi connectivity index (χ3v) is 10.1. The predicted octanol–water partition coefficient (Wildman–Crippen LogP) is 13.0. The first kappa shape index (κ1) is 53.0. The molecular formula is C53H46Ir3N5O2S-3. The van der Waals surface area contributed by atoms with Crippen molar-refractivity contribution in [2.24, 2.45) is 0 Å². The van der Waals surface area contributed by atoms with Crippen molar-refractivity contribution in [1.82, 2.24) is 24.7 Å². The van der Waals surface area contributed by atoms with Crippen molar-refractivity contribution in [1.29, 1.82) is 0 Å². The molecule has 9 aromatic rings. The molecule has 7 nitrogen and oxygen atoms in total. The number of benzene rings is 5. The van der Waals surface area contributed by atoms with Crippen LogP contribution in [0.4, 0.5) is 0 Å². The fourth-order valence-electron chi connectivity index (χ4n) is 6.49. The van der Waals surface area contributed by atoms with E-state index in [0.29, 0.717) is 0 Å². The van der Waals surface area contributed by atoms with E-state index in [1.54, 1.807) is 17.5 Å². The molecule has 4 aromatic heterocycles. The number of carbonyl (C=O) groups is 1. The number of aromatic nitrogens is 5. The number of carbonyl (C=O) groups excluding carboxylic acids is 1. The van der Waals surface area contributed by atoms with Crippen molar-refractivity contribution in [3.05, 3.63) is 210 Å². The fourth-order valence-corrected chi connectivity index (χ4v) is 7.47. The van der Waals surface area contributed by atoms with Crippen LogP contribution in [0.25, 0.3) is 60.4 Å². The number of hydrogen-bond donors (Lipinski definition) is 1. The SMILES string of the molecule is CC(=O)C=C(C)O.Cc1cccc(-c2nc(-c3[c-]cccc3)n(-c3c(C)cc(C)cc3C)n2)c1.[Ir].[Ir].[Ir].[c-]1c(-c2ccccn2)sc2ccccc12.[c-]1ccccc1-c1ccccn1. The number of rotatable bonds is 6. The Morgan fingerprint density at radius 2 is 1.25 bits per heavy atom. The van der Waals surface area contributed by atoms with Gasteiger partial charge in [-0.15, -0.1) is 95.4 Å². The van der Waals surface area contributed by atoms with Gasteiger partial charge in [-0.3, -0.25) is 14.5 Å². The molecule has 0 atom stereocenters. The van der Waals surface area contributed by atoms with Crippen LogP contribution in [0.3, 0.4) is 0 Å². The summed E-state index contributed by atoms with van der Waals surface area (Å²) in [6, 6.07) is 58.3. The molecule has 0 saturated carbocycles. The minimum Gasteiger partial charge on any atom is -0.512 e. The first-order valence-corrected chi connectivity index (χ1v) is 20.5. The maximum Gasteiger partial charge on any atom is 0.171 e. The molecule has 0 aliphatic heterocycles. The van der Waals surface area contributed by atoms with Crippen LogP contribution in [0, 0.1) is 45.9 Å². The maximum atomic E-state index is 10.0. The molecule has 0 aliphatic rings. The number of pyridine rings is 2. The first-order valence-electron chi connectivity index (χ1n) is 19.7. The molecule has 0 amide bonds. The van der Waals surface area contributed by atoms with Gasteiger partial charge in [0.2, 0.25) is 0 Å². The molecule has 0 spiro atoms. The molecule has 64 heavy (non-hydrogen) atoms. The van der Waals surface area contributed by atoms with Crippen LogP contribution in [-0.2, 0) is 65.1 Å². The van der Waals surface area contributed by atoms with Gasteiger partial charge in [0, 0.05) is 90.0 Å². The van der Waals surface area contributed by atoms with E-state index >= 15 is 0 Å². The van der Waals surface area contributed by atoms with E-state index in [4.69, 9.17) is 15.2 Å². The number of nitrogens with zero attached hydrogens (tertiary/aromatic N) is 5. The molecule has 0 fully saturated rings. The third kappa shape index (κ3) is 15.1. The number of fused-ring (bicyclic) bond motifs is 1. The number of thiophene rings is 1. The molecule has 0 saturated heterocycles. The monoisotopic (exact) mass is 1400 g/mol. The van der Waals surface area contributed by atoms with Crippen LogP contribution in [0.15, 0.2) is 170 Å². The van der Waals surface area contributed by atoms with Gasteiger partial charge in [-0.05, 0) is 86.1 Å². The maximum absolute atomic E-state index is 10.0. The van der Waals surface area contributed by atoms with Gasteiger partial charge in [-0.1, -0.05) is 77.9 Å². The zero-order valence-electron chi connectivity index (χ0n) is 36.1. The summed E-state index contributed by atoms with van der Waals surface area (Å²) in [5.74, 6) is 1.47. The van der Waals surface area contributed by atoms with E-state index in [9.17, 15) is 4.79 Å². The second kappa shape index (κ2) is 26.4. The van der Waals surface area contributed by atoms with E-state index in [-0.39, 0.29) is 71.9 Å². The van der Waals surface area contributed by atoms with Crippen molar-refractivity contribution in [2.45, 2.75) is 41.5 Å². The second-order valence-corrected chi connectivity index (χ2v) is 15.3. The van der Waals surface area contributed by atoms with Gasteiger partial charge in [0.1, 0.15) is 0 Å². The Morgan fingerprint density at radius 3 is 1.78 bits per heavy atom. The minimum atomic E-state index is -0.125. The summed E-state index contributed by atoms with van der Waals surface area (Å²) in [5, 5.41) is 14.4. The molecule has 1 N–H and O–H groups in total. The van der Waals surface area contributed by atoms with Crippen LogP contribution in [0.5, 0.6) is 0 Å². The van der Waals surface area contributed by atoms with Gasteiger partial charge in [0.05, 0.1) is 17.3 Å². The minimum absolute atomic E-state index is 0. The van der Waals surface area contributed by atoms with Gasteiger partial charge >= 0.3 is 0 Å². The number of aliphatic hydroxyl groups is 1. The molecular weight excluding hydrogens is 1350 g/mol. The van der Waals surface area contributed by atoms with Crippen LogP contribution in [0.1, 0.15) is 36.1 Å². The molecule has 331 valence electrons. The second-order valence-electron chi connectivity index (χ2n) is 14.2. The quantitative estimate of drug-likeness (QED) is 0.101. The zero-order chi connectivity index (χ0) is 43.1. The van der Waals surface area contributed by atoms with Crippen LogP contribution in [0.2, 0.25) is 0 Å². The first-order chi connectivity index (χ1) is 29.5. The Balaban J connectivity index is 0.000000250. The average Bonchev–Trinajstić information content (AvgIpc) is 3.91. The molecule has 0 bridgehead atoms. The number of hydrogen-bond acceptors (Lipinski definition) is 7. The van der Waals surface area contributed by atoms with Crippen LogP contribution < -0.4 is 0 Å².